The lowest BCUT2D eigenvalue weighted by Gasteiger charge is -2.10. The first kappa shape index (κ1) is 13.6. The molecule has 0 heterocycles. The Morgan fingerprint density at radius 3 is 2.41 bits per heavy atom. The molecule has 0 aliphatic rings. The Hall–Kier alpha value is -1.51. The number of nitro benzene ring substituents is 1. The number of benzene rings is 1. The third-order valence-corrected chi connectivity index (χ3v) is 3.14. The average molecular weight is 259 g/mol. The van der Waals surface area contributed by atoms with Crippen molar-refractivity contribution in [3.05, 3.63) is 34.4 Å². The van der Waals surface area contributed by atoms with Crippen LogP contribution in [0.3, 0.4) is 0 Å². The highest BCUT2D eigenvalue weighted by atomic mass is 32.2. The van der Waals surface area contributed by atoms with E-state index in [0.717, 1.165) is 6.07 Å². The second-order valence-corrected chi connectivity index (χ2v) is 5.28. The van der Waals surface area contributed by atoms with E-state index in [2.05, 4.69) is 10.3 Å². The Kier molecular flexibility index (Phi) is 4.16. The molecule has 0 bridgehead atoms. The van der Waals surface area contributed by atoms with Crippen molar-refractivity contribution in [1.82, 2.24) is 10.3 Å². The fourth-order valence-corrected chi connectivity index (χ4v) is 2.26. The summed E-state index contributed by atoms with van der Waals surface area (Å²) in [6, 6.07) is 5.05. The van der Waals surface area contributed by atoms with Crippen molar-refractivity contribution in [2.75, 3.05) is 0 Å². The molecule has 0 aliphatic heterocycles. The smallest absolute Gasteiger partial charge is 0.258 e. The second kappa shape index (κ2) is 5.21. The summed E-state index contributed by atoms with van der Waals surface area (Å²) in [4.78, 5) is 11.7. The van der Waals surface area contributed by atoms with Crippen LogP contribution in [0.2, 0.25) is 0 Å². The highest BCUT2D eigenvalue weighted by Crippen LogP contribution is 2.22. The molecule has 0 saturated carbocycles. The molecule has 0 radical (unpaired) electrons. The predicted octanol–water partition coefficient (Wildman–Crippen LogP) is 0.786. The number of hydrogen-bond donors (Lipinski definition) is 2. The fourth-order valence-electron chi connectivity index (χ4n) is 1.09. The van der Waals surface area contributed by atoms with Crippen LogP contribution in [0.1, 0.15) is 13.8 Å². The lowest BCUT2D eigenvalue weighted by Crippen LogP contribution is -2.41. The molecule has 0 unspecified atom stereocenters. The van der Waals surface area contributed by atoms with E-state index < -0.39 is 20.6 Å². The van der Waals surface area contributed by atoms with Crippen LogP contribution in [0.5, 0.6) is 0 Å². The summed E-state index contributed by atoms with van der Waals surface area (Å²) in [5, 5.41) is 10.7. The fraction of sp³-hybridized carbons (Fsp3) is 0.333. The normalized spacial score (nSPS) is 11.7. The molecule has 7 nitrogen and oxygen atoms in total. The lowest BCUT2D eigenvalue weighted by molar-refractivity contribution is -0.387. The average Bonchev–Trinajstić information content (AvgIpc) is 2.26. The number of sulfonamides is 1. The topological polar surface area (TPSA) is 101 Å². The van der Waals surface area contributed by atoms with E-state index in [9.17, 15) is 18.5 Å². The summed E-state index contributed by atoms with van der Waals surface area (Å²) in [6.45, 7) is 3.48. The molecule has 0 saturated heterocycles. The molecular weight excluding hydrogens is 246 g/mol. The molecule has 0 amide bonds. The number of nitrogens with one attached hydrogen (secondary N) is 2. The van der Waals surface area contributed by atoms with E-state index in [-0.39, 0.29) is 10.9 Å². The summed E-state index contributed by atoms with van der Waals surface area (Å²) >= 11 is 0. The van der Waals surface area contributed by atoms with Crippen molar-refractivity contribution in [2.45, 2.75) is 24.8 Å². The van der Waals surface area contributed by atoms with Gasteiger partial charge in [0.25, 0.3) is 15.7 Å². The van der Waals surface area contributed by atoms with Gasteiger partial charge < -0.3 is 0 Å². The molecule has 8 heteroatoms. The third kappa shape index (κ3) is 3.48. The molecule has 0 fully saturated rings. The first-order valence-electron chi connectivity index (χ1n) is 4.85. The maximum atomic E-state index is 11.8. The molecular formula is C9H13N3O4S. The summed E-state index contributed by atoms with van der Waals surface area (Å²) in [5.41, 5.74) is 2.04. The zero-order valence-electron chi connectivity index (χ0n) is 9.38. The van der Waals surface area contributed by atoms with Gasteiger partial charge in [-0.25, -0.2) is 13.8 Å². The van der Waals surface area contributed by atoms with Crippen LogP contribution < -0.4 is 10.3 Å². The number of nitrogens with zero attached hydrogens (tertiary/aromatic N) is 1. The van der Waals surface area contributed by atoms with Crippen molar-refractivity contribution in [1.29, 1.82) is 0 Å². The molecule has 1 aromatic carbocycles. The number of para-hydroxylation sites is 1. The van der Waals surface area contributed by atoms with E-state index in [4.69, 9.17) is 0 Å². The highest BCUT2D eigenvalue weighted by Gasteiger charge is 2.24. The number of hydrazine groups is 1. The van der Waals surface area contributed by atoms with Crippen molar-refractivity contribution in [3.63, 3.8) is 0 Å². The van der Waals surface area contributed by atoms with Gasteiger partial charge in [0, 0.05) is 12.1 Å². The third-order valence-electron chi connectivity index (χ3n) is 1.83. The zero-order chi connectivity index (χ0) is 13.1. The quantitative estimate of drug-likeness (QED) is 0.601. The summed E-state index contributed by atoms with van der Waals surface area (Å²) < 4.78 is 23.6. The van der Waals surface area contributed by atoms with Crippen molar-refractivity contribution in [2.24, 2.45) is 0 Å². The molecule has 0 spiro atoms. The van der Waals surface area contributed by atoms with E-state index in [1.165, 1.54) is 18.2 Å². The van der Waals surface area contributed by atoms with Crippen LogP contribution in [0.4, 0.5) is 5.69 Å². The Morgan fingerprint density at radius 1 is 1.29 bits per heavy atom. The van der Waals surface area contributed by atoms with Gasteiger partial charge in [-0.15, -0.1) is 4.83 Å². The van der Waals surface area contributed by atoms with E-state index in [1.807, 2.05) is 0 Å². The number of hydrogen-bond acceptors (Lipinski definition) is 5. The first-order valence-corrected chi connectivity index (χ1v) is 6.33. The lowest BCUT2D eigenvalue weighted by atomic mass is 10.3. The molecule has 0 atom stereocenters. The Bertz CT molecular complexity index is 513. The summed E-state index contributed by atoms with van der Waals surface area (Å²) in [6.07, 6.45) is 0. The Morgan fingerprint density at radius 2 is 1.88 bits per heavy atom. The highest BCUT2D eigenvalue weighted by molar-refractivity contribution is 7.89. The van der Waals surface area contributed by atoms with Crippen LogP contribution in [-0.2, 0) is 10.0 Å². The molecule has 94 valence electrons. The van der Waals surface area contributed by atoms with Gasteiger partial charge in [-0.3, -0.25) is 10.1 Å². The van der Waals surface area contributed by atoms with Gasteiger partial charge >= 0.3 is 0 Å². The molecule has 0 aromatic heterocycles. The van der Waals surface area contributed by atoms with Gasteiger partial charge in [0.05, 0.1) is 4.92 Å². The largest absolute Gasteiger partial charge is 0.289 e. The zero-order valence-corrected chi connectivity index (χ0v) is 10.2. The van der Waals surface area contributed by atoms with Gasteiger partial charge in [0.1, 0.15) is 0 Å². The van der Waals surface area contributed by atoms with Crippen LogP contribution in [0, 0.1) is 10.1 Å². The standard InChI is InChI=1S/C9H13N3O4S/c1-7(2)10-11-17(15,16)9-6-4-3-5-8(9)12(13)14/h3-7,10-11H,1-2H3. The van der Waals surface area contributed by atoms with E-state index in [0.29, 0.717) is 0 Å². The molecule has 17 heavy (non-hydrogen) atoms. The predicted molar refractivity (Wildman–Crippen MR) is 61.7 cm³/mol. The van der Waals surface area contributed by atoms with Crippen molar-refractivity contribution in [3.8, 4) is 0 Å². The van der Waals surface area contributed by atoms with Gasteiger partial charge in [-0.05, 0) is 19.9 Å². The van der Waals surface area contributed by atoms with Gasteiger partial charge in [-0.1, -0.05) is 12.1 Å². The van der Waals surface area contributed by atoms with E-state index >= 15 is 0 Å². The second-order valence-electron chi connectivity index (χ2n) is 3.63. The maximum Gasteiger partial charge on any atom is 0.289 e. The van der Waals surface area contributed by atoms with Crippen LogP contribution in [0.15, 0.2) is 29.2 Å². The molecule has 1 rings (SSSR count). The van der Waals surface area contributed by atoms with Gasteiger partial charge in [-0.2, -0.15) is 0 Å². The number of nitro groups is 1. The Balaban J connectivity index is 3.11. The summed E-state index contributed by atoms with van der Waals surface area (Å²) in [5.74, 6) is 0. The minimum absolute atomic E-state index is 0.118. The van der Waals surface area contributed by atoms with E-state index in [1.54, 1.807) is 13.8 Å². The van der Waals surface area contributed by atoms with Crippen LogP contribution in [-0.4, -0.2) is 19.4 Å². The first-order chi connectivity index (χ1) is 7.84. The minimum atomic E-state index is -3.93. The van der Waals surface area contributed by atoms with Crippen molar-refractivity contribution >= 4 is 15.7 Å². The monoisotopic (exact) mass is 259 g/mol. The SMILES string of the molecule is CC(C)NNS(=O)(=O)c1ccccc1[N+](=O)[O-]. The number of rotatable bonds is 5. The minimum Gasteiger partial charge on any atom is -0.258 e. The Labute approximate surface area is 99.0 Å². The van der Waals surface area contributed by atoms with Crippen LogP contribution in [0.25, 0.3) is 0 Å². The van der Waals surface area contributed by atoms with Gasteiger partial charge in [0.2, 0.25) is 0 Å². The van der Waals surface area contributed by atoms with Crippen LogP contribution >= 0.6 is 0 Å². The molecule has 2 N–H and O–H groups in total. The van der Waals surface area contributed by atoms with Gasteiger partial charge in [0.15, 0.2) is 4.90 Å². The summed E-state index contributed by atoms with van der Waals surface area (Å²) in [7, 11) is -3.93. The molecule has 1 aromatic rings. The van der Waals surface area contributed by atoms with Crippen molar-refractivity contribution < 1.29 is 13.3 Å². The molecule has 0 aliphatic carbocycles. The maximum absolute atomic E-state index is 11.8.